The molecule has 132 valence electrons. The van der Waals surface area contributed by atoms with E-state index in [2.05, 4.69) is 38.1 Å². The van der Waals surface area contributed by atoms with Crippen LogP contribution in [0.2, 0.25) is 0 Å². The highest BCUT2D eigenvalue weighted by molar-refractivity contribution is 6.03. The molecule has 1 fully saturated rings. The van der Waals surface area contributed by atoms with Crippen LogP contribution in [0, 0.1) is 13.8 Å². The Hall–Kier alpha value is -2.47. The van der Waals surface area contributed by atoms with Crippen LogP contribution in [-0.4, -0.2) is 53.5 Å². The van der Waals surface area contributed by atoms with Gasteiger partial charge >= 0.3 is 0 Å². The number of piperazine rings is 1. The molecular weight excluding hydrogens is 314 g/mol. The lowest BCUT2D eigenvalue weighted by molar-refractivity contribution is 0.102. The average Bonchev–Trinajstić information content (AvgIpc) is 2.61. The Kier molecular flexibility index (Phi) is 5.28. The molecule has 25 heavy (non-hydrogen) atoms. The summed E-state index contributed by atoms with van der Waals surface area (Å²) in [6.07, 6.45) is 1.47. The molecule has 1 aromatic carbocycles. The number of carbonyl (C=O) groups is 1. The van der Waals surface area contributed by atoms with Crippen molar-refractivity contribution >= 4 is 17.4 Å². The Morgan fingerprint density at radius 1 is 1.04 bits per heavy atom. The Balaban J connectivity index is 1.71. The number of hydrogen-bond donors (Lipinski definition) is 1. The van der Waals surface area contributed by atoms with Gasteiger partial charge in [0.2, 0.25) is 0 Å². The highest BCUT2D eigenvalue weighted by Crippen LogP contribution is 2.17. The van der Waals surface area contributed by atoms with Crippen molar-refractivity contribution in [1.82, 2.24) is 14.9 Å². The van der Waals surface area contributed by atoms with Crippen LogP contribution in [-0.2, 0) is 0 Å². The molecule has 0 spiro atoms. The average molecular weight is 339 g/mol. The van der Waals surface area contributed by atoms with E-state index in [9.17, 15) is 4.79 Å². The third kappa shape index (κ3) is 4.33. The van der Waals surface area contributed by atoms with Gasteiger partial charge in [0.25, 0.3) is 5.91 Å². The number of likely N-dealkylation sites (N-methyl/N-ethyl adjacent to an activating group) is 1. The summed E-state index contributed by atoms with van der Waals surface area (Å²) >= 11 is 0. The number of hydrogen-bond acceptors (Lipinski definition) is 5. The van der Waals surface area contributed by atoms with E-state index in [1.165, 1.54) is 6.33 Å². The van der Waals surface area contributed by atoms with Crippen LogP contribution in [0.25, 0.3) is 0 Å². The lowest BCUT2D eigenvalue weighted by Crippen LogP contribution is -2.46. The summed E-state index contributed by atoms with van der Waals surface area (Å²) in [6.45, 7) is 11.2. The summed E-state index contributed by atoms with van der Waals surface area (Å²) in [5, 5.41) is 2.93. The van der Waals surface area contributed by atoms with Crippen molar-refractivity contribution in [3.63, 3.8) is 0 Å². The predicted molar refractivity (Wildman–Crippen MR) is 100 cm³/mol. The first-order chi connectivity index (χ1) is 12.0. The molecule has 1 aliphatic rings. The van der Waals surface area contributed by atoms with Gasteiger partial charge in [-0.25, -0.2) is 9.97 Å². The normalized spacial score (nSPS) is 15.2. The van der Waals surface area contributed by atoms with Gasteiger partial charge in [0.15, 0.2) is 0 Å². The maximum Gasteiger partial charge on any atom is 0.274 e. The summed E-state index contributed by atoms with van der Waals surface area (Å²) in [7, 11) is 0. The van der Waals surface area contributed by atoms with Gasteiger partial charge in [0.1, 0.15) is 17.8 Å². The summed E-state index contributed by atoms with van der Waals surface area (Å²) in [6, 6.07) is 7.77. The number of nitrogens with one attached hydrogen (secondary N) is 1. The summed E-state index contributed by atoms with van der Waals surface area (Å²) in [5.74, 6) is 0.608. The molecule has 1 aliphatic heterocycles. The summed E-state index contributed by atoms with van der Waals surface area (Å²) in [5.41, 5.74) is 3.42. The minimum Gasteiger partial charge on any atom is -0.354 e. The molecule has 6 nitrogen and oxygen atoms in total. The fraction of sp³-hybridized carbons (Fsp3) is 0.421. The molecule has 1 amide bonds. The molecule has 1 aromatic heterocycles. The number of aromatic nitrogens is 2. The molecule has 0 bridgehead atoms. The van der Waals surface area contributed by atoms with E-state index in [1.807, 2.05) is 26.0 Å². The number of rotatable bonds is 4. The highest BCUT2D eigenvalue weighted by Gasteiger charge is 2.18. The number of carbonyl (C=O) groups excluding carboxylic acids is 1. The molecule has 0 unspecified atom stereocenters. The predicted octanol–water partition coefficient (Wildman–Crippen LogP) is 2.49. The Labute approximate surface area is 148 Å². The number of amides is 1. The van der Waals surface area contributed by atoms with E-state index >= 15 is 0 Å². The van der Waals surface area contributed by atoms with Crippen LogP contribution < -0.4 is 10.2 Å². The lowest BCUT2D eigenvalue weighted by atomic mass is 10.1. The van der Waals surface area contributed by atoms with E-state index < -0.39 is 0 Å². The van der Waals surface area contributed by atoms with Crippen molar-refractivity contribution < 1.29 is 4.79 Å². The van der Waals surface area contributed by atoms with Gasteiger partial charge in [-0.2, -0.15) is 0 Å². The van der Waals surface area contributed by atoms with Crippen molar-refractivity contribution in [2.45, 2.75) is 20.8 Å². The largest absolute Gasteiger partial charge is 0.354 e. The molecule has 1 saturated heterocycles. The first-order valence-electron chi connectivity index (χ1n) is 8.74. The zero-order valence-corrected chi connectivity index (χ0v) is 15.1. The maximum absolute atomic E-state index is 12.5. The van der Waals surface area contributed by atoms with E-state index in [-0.39, 0.29) is 5.91 Å². The monoisotopic (exact) mass is 339 g/mol. The van der Waals surface area contributed by atoms with E-state index in [0.717, 1.165) is 55.4 Å². The van der Waals surface area contributed by atoms with Crippen LogP contribution in [0.5, 0.6) is 0 Å². The molecule has 1 N–H and O–H groups in total. The maximum atomic E-state index is 12.5. The fourth-order valence-corrected chi connectivity index (χ4v) is 3.18. The lowest BCUT2D eigenvalue weighted by Gasteiger charge is -2.34. The Morgan fingerprint density at radius 2 is 1.72 bits per heavy atom. The highest BCUT2D eigenvalue weighted by atomic mass is 16.1. The molecule has 0 aliphatic carbocycles. The van der Waals surface area contributed by atoms with Gasteiger partial charge in [-0.05, 0) is 43.7 Å². The molecule has 0 saturated carbocycles. The summed E-state index contributed by atoms with van der Waals surface area (Å²) in [4.78, 5) is 25.7. The second-order valence-electron chi connectivity index (χ2n) is 6.51. The summed E-state index contributed by atoms with van der Waals surface area (Å²) < 4.78 is 0. The molecule has 2 heterocycles. The molecule has 0 radical (unpaired) electrons. The van der Waals surface area contributed by atoms with Crippen LogP contribution in [0.15, 0.2) is 30.6 Å². The fourth-order valence-electron chi connectivity index (χ4n) is 3.18. The number of anilines is 2. The van der Waals surface area contributed by atoms with Gasteiger partial charge in [-0.15, -0.1) is 0 Å². The number of benzene rings is 1. The van der Waals surface area contributed by atoms with Gasteiger partial charge in [-0.3, -0.25) is 4.79 Å². The zero-order chi connectivity index (χ0) is 17.8. The van der Waals surface area contributed by atoms with Crippen LogP contribution in [0.3, 0.4) is 0 Å². The standard InChI is InChI=1S/C19H25N5O/c1-4-23-5-7-24(8-6-23)18-12-17(20-13-21-18)19(25)22-16-10-14(2)9-15(3)11-16/h9-13H,4-8H2,1-3H3,(H,22,25). The van der Waals surface area contributed by atoms with Gasteiger partial charge in [-0.1, -0.05) is 13.0 Å². The van der Waals surface area contributed by atoms with Gasteiger partial charge in [0.05, 0.1) is 0 Å². The van der Waals surface area contributed by atoms with Crippen molar-refractivity contribution in [3.05, 3.63) is 47.4 Å². The topological polar surface area (TPSA) is 61.4 Å². The minimum atomic E-state index is -0.208. The van der Waals surface area contributed by atoms with Gasteiger partial charge < -0.3 is 15.1 Å². The van der Waals surface area contributed by atoms with Gasteiger partial charge in [0, 0.05) is 37.9 Å². The zero-order valence-electron chi connectivity index (χ0n) is 15.1. The molecule has 6 heteroatoms. The van der Waals surface area contributed by atoms with E-state index in [4.69, 9.17) is 0 Å². The quantitative estimate of drug-likeness (QED) is 0.927. The Bertz CT molecular complexity index is 733. The Morgan fingerprint density at radius 3 is 2.36 bits per heavy atom. The van der Waals surface area contributed by atoms with Crippen molar-refractivity contribution in [2.75, 3.05) is 42.9 Å². The first-order valence-corrected chi connectivity index (χ1v) is 8.74. The smallest absolute Gasteiger partial charge is 0.274 e. The molecule has 0 atom stereocenters. The molecule has 2 aromatic rings. The van der Waals surface area contributed by atoms with E-state index in [0.29, 0.717) is 5.69 Å². The SMILES string of the molecule is CCN1CCN(c2cc(C(=O)Nc3cc(C)cc(C)c3)ncn2)CC1. The number of aryl methyl sites for hydroxylation is 2. The third-order valence-corrected chi connectivity index (χ3v) is 4.51. The second kappa shape index (κ2) is 7.61. The number of nitrogens with zero attached hydrogens (tertiary/aromatic N) is 4. The van der Waals surface area contributed by atoms with Crippen LogP contribution in [0.4, 0.5) is 11.5 Å². The first kappa shape index (κ1) is 17.4. The second-order valence-corrected chi connectivity index (χ2v) is 6.51. The third-order valence-electron chi connectivity index (χ3n) is 4.51. The van der Waals surface area contributed by atoms with Crippen LogP contribution in [0.1, 0.15) is 28.5 Å². The molecular formula is C19H25N5O. The van der Waals surface area contributed by atoms with Crippen LogP contribution >= 0.6 is 0 Å². The minimum absolute atomic E-state index is 0.208. The van der Waals surface area contributed by atoms with E-state index in [1.54, 1.807) is 6.07 Å². The van der Waals surface area contributed by atoms with Crippen molar-refractivity contribution in [3.8, 4) is 0 Å². The van der Waals surface area contributed by atoms with Crippen molar-refractivity contribution in [2.24, 2.45) is 0 Å². The molecule has 3 rings (SSSR count). The van der Waals surface area contributed by atoms with Crippen molar-refractivity contribution in [1.29, 1.82) is 0 Å².